The Hall–Kier alpha value is -2.83. The molecular weight excluding hydrogens is 475 g/mol. The number of fused-ring (bicyclic) bond motifs is 1. The predicted octanol–water partition coefficient (Wildman–Crippen LogP) is 6.68. The van der Waals surface area contributed by atoms with Gasteiger partial charge in [-0.2, -0.15) is 39.5 Å². The van der Waals surface area contributed by atoms with Crippen molar-refractivity contribution in [2.24, 2.45) is 0 Å². The molecule has 0 fully saturated rings. The lowest BCUT2D eigenvalue weighted by atomic mass is 10.0. The maximum atomic E-state index is 13.7. The van der Waals surface area contributed by atoms with Crippen LogP contribution in [0.3, 0.4) is 0 Å². The molecule has 0 saturated carbocycles. The van der Waals surface area contributed by atoms with Crippen LogP contribution in [0.15, 0.2) is 42.5 Å². The van der Waals surface area contributed by atoms with Crippen molar-refractivity contribution in [2.75, 3.05) is 5.32 Å². The average molecular weight is 486 g/mol. The monoisotopic (exact) mass is 486 g/mol. The second kappa shape index (κ2) is 7.64. The van der Waals surface area contributed by atoms with Gasteiger partial charge in [0, 0.05) is 11.3 Å². The van der Waals surface area contributed by atoms with Crippen molar-refractivity contribution in [1.29, 1.82) is 0 Å². The Balaban J connectivity index is 1.81. The SMILES string of the molecule is Cc1ccc2nc(-c3ccc(NC(=O)C(F)(F)C(F)(F)C(F)(F)C(F)(F)F)cc3)sc2c1. The molecule has 1 N–H and O–H groups in total. The lowest BCUT2D eigenvalue weighted by Crippen LogP contribution is -2.64. The Kier molecular flexibility index (Phi) is 5.69. The molecule has 13 heteroatoms. The first-order valence-corrected chi connectivity index (χ1v) is 9.39. The molecule has 3 rings (SSSR count). The van der Waals surface area contributed by atoms with E-state index in [0.29, 0.717) is 16.1 Å². The molecule has 0 aliphatic carbocycles. The van der Waals surface area contributed by atoms with Crippen molar-refractivity contribution in [3.05, 3.63) is 48.0 Å². The summed E-state index contributed by atoms with van der Waals surface area (Å²) in [5, 5.41) is 1.74. The van der Waals surface area contributed by atoms with Crippen LogP contribution in [0.2, 0.25) is 0 Å². The molecule has 0 spiro atoms. The Morgan fingerprint density at radius 3 is 2.03 bits per heavy atom. The summed E-state index contributed by atoms with van der Waals surface area (Å²) in [7, 11) is 0. The first-order chi connectivity index (χ1) is 14.6. The van der Waals surface area contributed by atoms with E-state index >= 15 is 0 Å². The van der Waals surface area contributed by atoms with Crippen LogP contribution in [0.25, 0.3) is 20.8 Å². The minimum atomic E-state index is -7.14. The summed E-state index contributed by atoms with van der Waals surface area (Å²) < 4.78 is 117. The summed E-state index contributed by atoms with van der Waals surface area (Å²) in [4.78, 5) is 15.9. The van der Waals surface area contributed by atoms with Crippen molar-refractivity contribution in [3.8, 4) is 10.6 Å². The van der Waals surface area contributed by atoms with Gasteiger partial charge in [0.25, 0.3) is 0 Å². The summed E-state index contributed by atoms with van der Waals surface area (Å²) in [6.45, 7) is 1.88. The third-order valence-electron chi connectivity index (χ3n) is 4.36. The van der Waals surface area contributed by atoms with Gasteiger partial charge >= 0.3 is 29.9 Å². The molecule has 0 unspecified atom stereocenters. The number of nitrogens with one attached hydrogen (secondary N) is 1. The quantitative estimate of drug-likeness (QED) is 0.409. The fourth-order valence-corrected chi connectivity index (χ4v) is 3.65. The predicted molar refractivity (Wildman–Crippen MR) is 99.3 cm³/mol. The first-order valence-electron chi connectivity index (χ1n) is 8.57. The molecule has 0 aliphatic heterocycles. The molecule has 32 heavy (non-hydrogen) atoms. The Morgan fingerprint density at radius 1 is 0.875 bits per heavy atom. The van der Waals surface area contributed by atoms with Crippen LogP contribution in [0, 0.1) is 6.92 Å². The summed E-state index contributed by atoms with van der Waals surface area (Å²) in [5.74, 6) is -23.6. The second-order valence-corrected chi connectivity index (χ2v) is 7.77. The van der Waals surface area contributed by atoms with Gasteiger partial charge in [0.05, 0.1) is 10.2 Å². The lowest BCUT2D eigenvalue weighted by molar-refractivity contribution is -0.388. The number of aromatic nitrogens is 1. The maximum absolute atomic E-state index is 13.7. The van der Waals surface area contributed by atoms with Gasteiger partial charge in [-0.1, -0.05) is 6.07 Å². The summed E-state index contributed by atoms with van der Waals surface area (Å²) >= 11 is 1.29. The fraction of sp³-hybridized carbons (Fsp3) is 0.263. The number of nitrogens with zero attached hydrogens (tertiary/aromatic N) is 1. The van der Waals surface area contributed by atoms with Crippen LogP contribution in [0.4, 0.5) is 45.2 Å². The third kappa shape index (κ3) is 3.89. The zero-order chi connectivity index (χ0) is 24.1. The highest BCUT2D eigenvalue weighted by atomic mass is 32.1. The van der Waals surface area contributed by atoms with E-state index in [2.05, 4.69) is 4.98 Å². The van der Waals surface area contributed by atoms with Gasteiger partial charge in [0.2, 0.25) is 0 Å². The topological polar surface area (TPSA) is 42.0 Å². The number of alkyl halides is 9. The van der Waals surface area contributed by atoms with Crippen LogP contribution < -0.4 is 5.32 Å². The van der Waals surface area contributed by atoms with Gasteiger partial charge in [-0.15, -0.1) is 11.3 Å². The molecule has 1 heterocycles. The number of amides is 1. The molecule has 0 atom stereocenters. The maximum Gasteiger partial charge on any atom is 0.460 e. The number of carbonyl (C=O) groups is 1. The van der Waals surface area contributed by atoms with E-state index in [9.17, 15) is 44.3 Å². The van der Waals surface area contributed by atoms with Crippen LogP contribution in [-0.2, 0) is 4.79 Å². The number of thiazole rings is 1. The van der Waals surface area contributed by atoms with Crippen LogP contribution in [-0.4, -0.2) is 34.8 Å². The average Bonchev–Trinajstić information content (AvgIpc) is 3.10. The number of anilines is 1. The number of rotatable bonds is 5. The normalized spacial score (nSPS) is 13.4. The van der Waals surface area contributed by atoms with E-state index in [-0.39, 0.29) is 0 Å². The van der Waals surface area contributed by atoms with Gasteiger partial charge in [0.15, 0.2) is 0 Å². The minimum absolute atomic E-state index is 0.461. The van der Waals surface area contributed by atoms with E-state index < -0.39 is 35.5 Å². The van der Waals surface area contributed by atoms with Gasteiger partial charge in [-0.25, -0.2) is 4.98 Å². The molecule has 1 aromatic heterocycles. The minimum Gasteiger partial charge on any atom is -0.321 e. The second-order valence-electron chi connectivity index (χ2n) is 6.74. The Labute approximate surface area is 177 Å². The standard InChI is InChI=1S/C19H11F9N2OS/c1-9-2-7-12-13(8-9)32-14(30-12)10-3-5-11(6-4-10)29-15(31)16(20,21)17(22,23)18(24,25)19(26,27)28/h2-8H,1H3,(H,29,31). The molecule has 0 bridgehead atoms. The lowest BCUT2D eigenvalue weighted by Gasteiger charge is -2.32. The van der Waals surface area contributed by atoms with Gasteiger partial charge in [-0.3, -0.25) is 4.79 Å². The van der Waals surface area contributed by atoms with E-state index in [1.807, 2.05) is 19.1 Å². The number of hydrogen-bond donors (Lipinski definition) is 1. The number of halogens is 9. The van der Waals surface area contributed by atoms with Crippen LogP contribution in [0.1, 0.15) is 5.56 Å². The summed E-state index contributed by atoms with van der Waals surface area (Å²) in [6.07, 6.45) is -7.00. The highest BCUT2D eigenvalue weighted by molar-refractivity contribution is 7.21. The van der Waals surface area contributed by atoms with Gasteiger partial charge in [0.1, 0.15) is 5.01 Å². The zero-order valence-electron chi connectivity index (χ0n) is 15.7. The molecule has 172 valence electrons. The van der Waals surface area contributed by atoms with Crippen molar-refractivity contribution in [1.82, 2.24) is 4.98 Å². The molecule has 0 aliphatic rings. The zero-order valence-corrected chi connectivity index (χ0v) is 16.5. The summed E-state index contributed by atoms with van der Waals surface area (Å²) in [5.41, 5.74) is 1.60. The van der Waals surface area contributed by atoms with E-state index in [1.165, 1.54) is 28.8 Å². The van der Waals surface area contributed by atoms with Crippen molar-refractivity contribution in [2.45, 2.75) is 30.9 Å². The van der Waals surface area contributed by atoms with E-state index in [4.69, 9.17) is 0 Å². The molecule has 1 amide bonds. The van der Waals surface area contributed by atoms with Gasteiger partial charge < -0.3 is 5.32 Å². The van der Waals surface area contributed by atoms with Crippen molar-refractivity contribution < 1.29 is 44.3 Å². The largest absolute Gasteiger partial charge is 0.460 e. The number of hydrogen-bond acceptors (Lipinski definition) is 3. The molecule has 0 saturated heterocycles. The third-order valence-corrected chi connectivity index (χ3v) is 5.43. The van der Waals surface area contributed by atoms with Gasteiger partial charge in [-0.05, 0) is 48.9 Å². The molecule has 0 radical (unpaired) electrons. The first kappa shape index (κ1) is 23.8. The summed E-state index contributed by atoms with van der Waals surface area (Å²) in [6, 6.07) is 10.0. The van der Waals surface area contributed by atoms with Crippen LogP contribution >= 0.6 is 11.3 Å². The number of benzene rings is 2. The molecule has 3 aromatic rings. The Bertz CT molecular complexity index is 1150. The van der Waals surface area contributed by atoms with Crippen LogP contribution in [0.5, 0.6) is 0 Å². The smallest absolute Gasteiger partial charge is 0.321 e. The van der Waals surface area contributed by atoms with E-state index in [0.717, 1.165) is 22.4 Å². The van der Waals surface area contributed by atoms with E-state index in [1.54, 1.807) is 6.07 Å². The fourth-order valence-electron chi connectivity index (χ4n) is 2.58. The highest BCUT2D eigenvalue weighted by Crippen LogP contribution is 2.53. The van der Waals surface area contributed by atoms with Crippen molar-refractivity contribution >= 4 is 33.1 Å². The molecule has 3 nitrogen and oxygen atoms in total. The number of aryl methyl sites for hydroxylation is 1. The molecular formula is C19H11F9N2OS. The highest BCUT2D eigenvalue weighted by Gasteiger charge is 2.83. The Morgan fingerprint density at radius 2 is 1.47 bits per heavy atom. The van der Waals surface area contributed by atoms with Crippen molar-refractivity contribution in [3.63, 3.8) is 0 Å². The molecule has 2 aromatic carbocycles. The number of carbonyl (C=O) groups excluding carboxylic acids is 1.